The van der Waals surface area contributed by atoms with Crippen molar-refractivity contribution in [3.05, 3.63) is 6.20 Å². The molecule has 0 aromatic rings. The number of hydrazine groups is 1. The van der Waals surface area contributed by atoms with E-state index in [-0.39, 0.29) is 0 Å². The molecule has 11 heavy (non-hydrogen) atoms. The Hall–Kier alpha value is -0.370. The van der Waals surface area contributed by atoms with Crippen molar-refractivity contribution in [3.63, 3.8) is 0 Å². The first kappa shape index (κ1) is 8.72. The van der Waals surface area contributed by atoms with E-state index in [1.54, 1.807) is 6.20 Å². The molecular formula is C8H14N2S. The molecule has 2 N–H and O–H groups in total. The number of nitrogens with one attached hydrogen (secondary N) is 2. The molecule has 1 fully saturated rings. The summed E-state index contributed by atoms with van der Waals surface area (Å²) < 4.78 is 0. The van der Waals surface area contributed by atoms with E-state index < -0.39 is 0 Å². The van der Waals surface area contributed by atoms with Gasteiger partial charge >= 0.3 is 0 Å². The lowest BCUT2D eigenvalue weighted by Gasteiger charge is -2.22. The second-order valence-corrected chi connectivity index (χ2v) is 3.12. The number of thiocarbonyl (C=S) groups is 1. The van der Waals surface area contributed by atoms with Crippen LogP contribution in [0.4, 0.5) is 0 Å². The van der Waals surface area contributed by atoms with Crippen LogP contribution >= 0.6 is 12.2 Å². The Kier molecular flexibility index (Phi) is 4.21. The van der Waals surface area contributed by atoms with Crippen molar-refractivity contribution < 1.29 is 0 Å². The van der Waals surface area contributed by atoms with Crippen LogP contribution in [0.2, 0.25) is 0 Å². The first-order chi connectivity index (χ1) is 5.43. The predicted octanol–water partition coefficient (Wildman–Crippen LogP) is 1.53. The molecule has 2 nitrogen and oxygen atoms in total. The van der Waals surface area contributed by atoms with Gasteiger partial charge in [0.2, 0.25) is 0 Å². The monoisotopic (exact) mass is 170 g/mol. The lowest BCUT2D eigenvalue weighted by Crippen LogP contribution is -2.38. The van der Waals surface area contributed by atoms with Gasteiger partial charge in [-0.3, -0.25) is 0 Å². The molecule has 1 aliphatic rings. The van der Waals surface area contributed by atoms with Crippen LogP contribution in [-0.2, 0) is 0 Å². The van der Waals surface area contributed by atoms with Crippen LogP contribution in [0.15, 0.2) is 6.20 Å². The minimum absolute atomic E-state index is 0.628. The molecule has 1 rings (SSSR count). The SMILES string of the molecule is S=C=CNNC1CCCCC1. The van der Waals surface area contributed by atoms with Crippen molar-refractivity contribution in [1.29, 1.82) is 0 Å². The van der Waals surface area contributed by atoms with E-state index in [1.807, 2.05) is 0 Å². The Bertz CT molecular complexity index is 146. The molecule has 3 heteroatoms. The van der Waals surface area contributed by atoms with Crippen LogP contribution in [0.1, 0.15) is 32.1 Å². The third-order valence-electron chi connectivity index (χ3n) is 2.02. The van der Waals surface area contributed by atoms with E-state index in [9.17, 15) is 0 Å². The molecule has 0 heterocycles. The summed E-state index contributed by atoms with van der Waals surface area (Å²) in [6.45, 7) is 0. The average Bonchev–Trinajstić information content (AvgIpc) is 2.07. The van der Waals surface area contributed by atoms with Crippen molar-refractivity contribution in [2.45, 2.75) is 38.1 Å². The second-order valence-electron chi connectivity index (χ2n) is 2.89. The van der Waals surface area contributed by atoms with E-state index in [1.165, 1.54) is 32.1 Å². The molecule has 0 saturated heterocycles. The Morgan fingerprint density at radius 1 is 1.27 bits per heavy atom. The minimum Gasteiger partial charge on any atom is -0.320 e. The summed E-state index contributed by atoms with van der Waals surface area (Å²) in [4.78, 5) is 0. The van der Waals surface area contributed by atoms with Gasteiger partial charge in [-0.1, -0.05) is 19.3 Å². The van der Waals surface area contributed by atoms with Crippen LogP contribution in [0.3, 0.4) is 0 Å². The van der Waals surface area contributed by atoms with Crippen LogP contribution in [0.25, 0.3) is 0 Å². The normalized spacial score (nSPS) is 18.9. The maximum Gasteiger partial charge on any atom is 0.0659 e. The van der Waals surface area contributed by atoms with Gasteiger partial charge < -0.3 is 5.43 Å². The van der Waals surface area contributed by atoms with Gasteiger partial charge in [-0.25, -0.2) is 5.43 Å². The van der Waals surface area contributed by atoms with E-state index in [0.29, 0.717) is 6.04 Å². The highest BCUT2D eigenvalue weighted by molar-refractivity contribution is 7.78. The Balaban J connectivity index is 2.09. The second kappa shape index (κ2) is 5.30. The average molecular weight is 170 g/mol. The molecule has 0 radical (unpaired) electrons. The molecule has 0 amide bonds. The Morgan fingerprint density at radius 3 is 2.64 bits per heavy atom. The number of hydrogen-bond acceptors (Lipinski definition) is 3. The molecule has 62 valence electrons. The van der Waals surface area contributed by atoms with Crippen molar-refractivity contribution in [2.24, 2.45) is 0 Å². The van der Waals surface area contributed by atoms with Crippen LogP contribution < -0.4 is 10.9 Å². The van der Waals surface area contributed by atoms with Crippen molar-refractivity contribution in [1.82, 2.24) is 10.9 Å². The fourth-order valence-corrected chi connectivity index (χ4v) is 1.49. The summed E-state index contributed by atoms with van der Waals surface area (Å²) in [5, 5.41) is 2.49. The third-order valence-corrected chi connectivity index (χ3v) is 2.14. The zero-order chi connectivity index (χ0) is 7.94. The van der Waals surface area contributed by atoms with E-state index in [4.69, 9.17) is 0 Å². The predicted molar refractivity (Wildman–Crippen MR) is 50.3 cm³/mol. The fourth-order valence-electron chi connectivity index (χ4n) is 1.44. The Morgan fingerprint density at radius 2 is 2.00 bits per heavy atom. The molecule has 0 atom stereocenters. The quantitative estimate of drug-likeness (QED) is 0.496. The highest BCUT2D eigenvalue weighted by Gasteiger charge is 2.11. The maximum atomic E-state index is 4.51. The zero-order valence-electron chi connectivity index (χ0n) is 6.60. The van der Waals surface area contributed by atoms with Gasteiger partial charge in [-0.2, -0.15) is 0 Å². The third kappa shape index (κ3) is 3.51. The van der Waals surface area contributed by atoms with E-state index in [0.717, 1.165) is 0 Å². The lowest BCUT2D eigenvalue weighted by molar-refractivity contribution is 0.355. The number of hydrogen-bond donors (Lipinski definition) is 2. The van der Waals surface area contributed by atoms with Crippen molar-refractivity contribution >= 4 is 17.2 Å². The van der Waals surface area contributed by atoms with Crippen molar-refractivity contribution in [3.8, 4) is 0 Å². The summed E-state index contributed by atoms with van der Waals surface area (Å²) in [5.41, 5.74) is 6.10. The molecule has 0 aromatic heterocycles. The molecule has 0 bridgehead atoms. The van der Waals surface area contributed by atoms with Gasteiger partial charge in [0.1, 0.15) is 0 Å². The zero-order valence-corrected chi connectivity index (χ0v) is 7.41. The summed E-state index contributed by atoms with van der Waals surface area (Å²) >= 11 is 4.51. The highest BCUT2D eigenvalue weighted by Crippen LogP contribution is 2.16. The number of rotatable bonds is 3. The van der Waals surface area contributed by atoms with Crippen LogP contribution in [0.5, 0.6) is 0 Å². The summed E-state index contributed by atoms with van der Waals surface area (Å²) in [6, 6.07) is 0.628. The standard InChI is InChI=1S/C8H14N2S/c11-7-6-9-10-8-4-2-1-3-5-8/h6,8-10H,1-5H2. The van der Waals surface area contributed by atoms with Gasteiger partial charge in [0, 0.05) is 6.04 Å². The van der Waals surface area contributed by atoms with Gasteiger partial charge in [-0.05, 0) is 30.1 Å². The van der Waals surface area contributed by atoms with Crippen molar-refractivity contribution in [2.75, 3.05) is 0 Å². The van der Waals surface area contributed by atoms with Gasteiger partial charge in [0.25, 0.3) is 0 Å². The molecule has 1 aliphatic carbocycles. The van der Waals surface area contributed by atoms with Crippen LogP contribution in [-0.4, -0.2) is 11.1 Å². The smallest absolute Gasteiger partial charge is 0.0659 e. The first-order valence-corrected chi connectivity index (χ1v) is 4.54. The van der Waals surface area contributed by atoms with E-state index >= 15 is 0 Å². The molecule has 0 unspecified atom stereocenters. The first-order valence-electron chi connectivity index (χ1n) is 4.14. The van der Waals surface area contributed by atoms with Gasteiger partial charge in [0.15, 0.2) is 0 Å². The maximum absolute atomic E-state index is 4.51. The molecule has 0 aliphatic heterocycles. The Labute approximate surface area is 73.0 Å². The molecular weight excluding hydrogens is 156 g/mol. The topological polar surface area (TPSA) is 24.1 Å². The minimum atomic E-state index is 0.628. The van der Waals surface area contributed by atoms with E-state index in [2.05, 4.69) is 28.1 Å². The molecule has 1 saturated carbocycles. The van der Waals surface area contributed by atoms with Crippen LogP contribution in [0, 0.1) is 0 Å². The molecule has 0 aromatic carbocycles. The molecule has 0 spiro atoms. The van der Waals surface area contributed by atoms with Gasteiger partial charge in [-0.15, -0.1) is 0 Å². The van der Waals surface area contributed by atoms with Gasteiger partial charge in [0.05, 0.1) is 6.20 Å². The summed E-state index contributed by atoms with van der Waals surface area (Å²) in [6.07, 6.45) is 8.27. The highest BCUT2D eigenvalue weighted by atomic mass is 32.1. The summed E-state index contributed by atoms with van der Waals surface area (Å²) in [7, 11) is 0. The fraction of sp³-hybridized carbons (Fsp3) is 0.750. The summed E-state index contributed by atoms with van der Waals surface area (Å²) in [5.74, 6) is 0. The largest absolute Gasteiger partial charge is 0.320 e. The lowest BCUT2D eigenvalue weighted by atomic mass is 9.96.